The summed E-state index contributed by atoms with van der Waals surface area (Å²) in [4.78, 5) is 20.0. The van der Waals surface area contributed by atoms with Crippen molar-refractivity contribution in [3.05, 3.63) is 72.1 Å². The molecule has 0 aliphatic rings. The van der Waals surface area contributed by atoms with Gasteiger partial charge < -0.3 is 15.4 Å². The van der Waals surface area contributed by atoms with Crippen molar-refractivity contribution in [3.8, 4) is 5.75 Å². The number of hydrogen-bond acceptors (Lipinski definition) is 6. The lowest BCUT2D eigenvalue weighted by Gasteiger charge is -2.11. The Kier molecular flexibility index (Phi) is 5.99. The predicted octanol–water partition coefficient (Wildman–Crippen LogP) is 4.09. The van der Waals surface area contributed by atoms with Crippen LogP contribution in [0.25, 0.3) is 0 Å². The molecule has 2 N–H and O–H groups in total. The van der Waals surface area contributed by atoms with Gasteiger partial charge in [0.2, 0.25) is 0 Å². The number of para-hydroxylation sites is 1. The molecule has 3 aromatic rings. The molecule has 6 heteroatoms. The summed E-state index contributed by atoms with van der Waals surface area (Å²) in [6.07, 6.45) is 2.32. The molecule has 0 amide bonds. The van der Waals surface area contributed by atoms with Crippen LogP contribution in [0.4, 0.5) is 17.3 Å². The van der Waals surface area contributed by atoms with Crippen LogP contribution < -0.4 is 15.4 Å². The van der Waals surface area contributed by atoms with Crippen LogP contribution >= 0.6 is 0 Å². The first-order valence-corrected chi connectivity index (χ1v) is 8.71. The maximum Gasteiger partial charge on any atom is 0.159 e. The SMILES string of the molecule is COc1ccccc1CCNc1cc(Nc2cccc(C(C)=O)c2)ncn1. The van der Waals surface area contributed by atoms with Gasteiger partial charge in [-0.3, -0.25) is 4.79 Å². The van der Waals surface area contributed by atoms with Crippen LogP contribution in [0.5, 0.6) is 5.75 Å². The number of rotatable bonds is 8. The second-order valence-electron chi connectivity index (χ2n) is 6.04. The summed E-state index contributed by atoms with van der Waals surface area (Å²) in [6.45, 7) is 2.27. The molecule has 0 unspecified atom stereocenters. The van der Waals surface area contributed by atoms with Crippen LogP contribution in [0.2, 0.25) is 0 Å². The molecule has 0 aliphatic heterocycles. The summed E-state index contributed by atoms with van der Waals surface area (Å²) in [6, 6.07) is 17.1. The number of aromatic nitrogens is 2. The number of nitrogens with one attached hydrogen (secondary N) is 2. The molecule has 0 spiro atoms. The molecule has 0 atom stereocenters. The fraction of sp³-hybridized carbons (Fsp3) is 0.190. The second-order valence-corrected chi connectivity index (χ2v) is 6.04. The van der Waals surface area contributed by atoms with Crippen LogP contribution in [0, 0.1) is 0 Å². The summed E-state index contributed by atoms with van der Waals surface area (Å²) in [5.41, 5.74) is 2.60. The standard InChI is InChI=1S/C21H22N4O2/c1-15(26)17-7-5-8-18(12-17)25-21-13-20(23-14-24-21)22-11-10-16-6-3-4-9-19(16)27-2/h3-9,12-14H,10-11H2,1-2H3,(H2,22,23,24,25). The Labute approximate surface area is 158 Å². The van der Waals surface area contributed by atoms with Crippen molar-refractivity contribution in [1.29, 1.82) is 0 Å². The molecule has 6 nitrogen and oxygen atoms in total. The van der Waals surface area contributed by atoms with Crippen LogP contribution in [0.1, 0.15) is 22.8 Å². The van der Waals surface area contributed by atoms with E-state index in [1.165, 1.54) is 6.33 Å². The van der Waals surface area contributed by atoms with Crippen LogP contribution in [-0.2, 0) is 6.42 Å². The van der Waals surface area contributed by atoms with E-state index in [0.717, 1.165) is 35.8 Å². The first kappa shape index (κ1) is 18.4. The largest absolute Gasteiger partial charge is 0.496 e. The van der Waals surface area contributed by atoms with Gasteiger partial charge in [0, 0.05) is 23.9 Å². The van der Waals surface area contributed by atoms with Gasteiger partial charge in [0.1, 0.15) is 23.7 Å². The summed E-state index contributed by atoms with van der Waals surface area (Å²) in [5.74, 6) is 2.30. The fourth-order valence-electron chi connectivity index (χ4n) is 2.72. The molecular weight excluding hydrogens is 340 g/mol. The zero-order valence-electron chi connectivity index (χ0n) is 15.4. The number of hydrogen-bond donors (Lipinski definition) is 2. The molecule has 138 valence electrons. The highest BCUT2D eigenvalue weighted by Crippen LogP contribution is 2.19. The number of nitrogens with zero attached hydrogens (tertiary/aromatic N) is 2. The van der Waals surface area contributed by atoms with Gasteiger partial charge in [-0.25, -0.2) is 9.97 Å². The molecule has 0 bridgehead atoms. The molecule has 0 radical (unpaired) electrons. The molecule has 0 aliphatic carbocycles. The molecule has 1 aromatic heterocycles. The number of benzene rings is 2. The van der Waals surface area contributed by atoms with Gasteiger partial charge in [-0.1, -0.05) is 30.3 Å². The molecule has 1 heterocycles. The van der Waals surface area contributed by atoms with E-state index in [2.05, 4.69) is 26.7 Å². The molecule has 3 rings (SSSR count). The normalized spacial score (nSPS) is 10.3. The zero-order valence-corrected chi connectivity index (χ0v) is 15.4. The Hall–Kier alpha value is -3.41. The number of anilines is 3. The third-order valence-electron chi connectivity index (χ3n) is 4.10. The zero-order chi connectivity index (χ0) is 19.1. The van der Waals surface area contributed by atoms with Crippen LogP contribution in [-0.4, -0.2) is 29.4 Å². The van der Waals surface area contributed by atoms with Crippen molar-refractivity contribution in [2.45, 2.75) is 13.3 Å². The van der Waals surface area contributed by atoms with Crippen molar-refractivity contribution in [2.24, 2.45) is 0 Å². The summed E-state index contributed by atoms with van der Waals surface area (Å²) in [5, 5.41) is 6.50. The summed E-state index contributed by atoms with van der Waals surface area (Å²) in [7, 11) is 1.68. The lowest BCUT2D eigenvalue weighted by atomic mass is 10.1. The number of carbonyl (C=O) groups excluding carboxylic acids is 1. The van der Waals surface area contributed by atoms with Gasteiger partial charge >= 0.3 is 0 Å². The average Bonchev–Trinajstić information content (AvgIpc) is 2.69. The Morgan fingerprint density at radius 2 is 1.85 bits per heavy atom. The Balaban J connectivity index is 1.62. The summed E-state index contributed by atoms with van der Waals surface area (Å²) >= 11 is 0. The molecule has 2 aromatic carbocycles. The van der Waals surface area contributed by atoms with Crippen LogP contribution in [0.15, 0.2) is 60.9 Å². The van der Waals surface area contributed by atoms with E-state index in [-0.39, 0.29) is 5.78 Å². The van der Waals surface area contributed by atoms with E-state index in [9.17, 15) is 4.79 Å². The molecule has 0 fully saturated rings. The van der Waals surface area contributed by atoms with Gasteiger partial charge in [0.15, 0.2) is 5.78 Å². The van der Waals surface area contributed by atoms with Gasteiger partial charge in [-0.2, -0.15) is 0 Å². The Bertz CT molecular complexity index is 927. The van der Waals surface area contributed by atoms with E-state index >= 15 is 0 Å². The number of carbonyl (C=O) groups is 1. The second kappa shape index (κ2) is 8.80. The van der Waals surface area contributed by atoms with Gasteiger partial charge in [-0.15, -0.1) is 0 Å². The number of methoxy groups -OCH3 is 1. The molecule has 0 saturated carbocycles. The third kappa shape index (κ3) is 5.04. The topological polar surface area (TPSA) is 76.1 Å². The predicted molar refractivity (Wildman–Crippen MR) is 107 cm³/mol. The molecule has 27 heavy (non-hydrogen) atoms. The van der Waals surface area contributed by atoms with E-state index in [0.29, 0.717) is 11.4 Å². The highest BCUT2D eigenvalue weighted by molar-refractivity contribution is 5.95. The third-order valence-corrected chi connectivity index (χ3v) is 4.10. The van der Waals surface area contributed by atoms with Crippen molar-refractivity contribution < 1.29 is 9.53 Å². The van der Waals surface area contributed by atoms with E-state index in [1.807, 2.05) is 36.4 Å². The van der Waals surface area contributed by atoms with Crippen molar-refractivity contribution in [1.82, 2.24) is 9.97 Å². The molecular formula is C21H22N4O2. The van der Waals surface area contributed by atoms with Crippen molar-refractivity contribution in [2.75, 3.05) is 24.3 Å². The minimum atomic E-state index is 0.0278. The number of Topliss-reactive ketones (excluding diaryl/α,β-unsaturated/α-hetero) is 1. The van der Waals surface area contributed by atoms with Gasteiger partial charge in [0.25, 0.3) is 0 Å². The van der Waals surface area contributed by atoms with Crippen LogP contribution in [0.3, 0.4) is 0 Å². The first-order valence-electron chi connectivity index (χ1n) is 8.71. The lowest BCUT2D eigenvalue weighted by molar-refractivity contribution is 0.101. The highest BCUT2D eigenvalue weighted by Gasteiger charge is 2.04. The van der Waals surface area contributed by atoms with Gasteiger partial charge in [0.05, 0.1) is 7.11 Å². The Morgan fingerprint density at radius 1 is 1.04 bits per heavy atom. The smallest absolute Gasteiger partial charge is 0.159 e. The minimum absolute atomic E-state index is 0.0278. The van der Waals surface area contributed by atoms with Gasteiger partial charge in [-0.05, 0) is 37.1 Å². The average molecular weight is 362 g/mol. The maximum atomic E-state index is 11.5. The van der Waals surface area contributed by atoms with E-state index in [1.54, 1.807) is 26.2 Å². The van der Waals surface area contributed by atoms with E-state index in [4.69, 9.17) is 4.74 Å². The molecule has 0 saturated heterocycles. The van der Waals surface area contributed by atoms with Crippen molar-refractivity contribution >= 4 is 23.1 Å². The summed E-state index contributed by atoms with van der Waals surface area (Å²) < 4.78 is 5.37. The first-order chi connectivity index (χ1) is 13.2. The monoisotopic (exact) mass is 362 g/mol. The van der Waals surface area contributed by atoms with E-state index < -0.39 is 0 Å². The lowest BCUT2D eigenvalue weighted by Crippen LogP contribution is -2.08. The number of ketones is 1. The Morgan fingerprint density at radius 3 is 2.67 bits per heavy atom. The quantitative estimate of drug-likeness (QED) is 0.588. The fourth-order valence-corrected chi connectivity index (χ4v) is 2.72. The maximum absolute atomic E-state index is 11.5. The van der Waals surface area contributed by atoms with Crippen molar-refractivity contribution in [3.63, 3.8) is 0 Å². The minimum Gasteiger partial charge on any atom is -0.496 e. The number of ether oxygens (including phenoxy) is 1. The highest BCUT2D eigenvalue weighted by atomic mass is 16.5.